The maximum Gasteiger partial charge on any atom is 0.253 e. The van der Waals surface area contributed by atoms with Gasteiger partial charge in [0.05, 0.1) is 0 Å². The summed E-state index contributed by atoms with van der Waals surface area (Å²) in [6, 6.07) is 8.12. The number of amides is 2. The van der Waals surface area contributed by atoms with E-state index < -0.39 is 0 Å². The summed E-state index contributed by atoms with van der Waals surface area (Å²) in [5.41, 5.74) is 1.76. The van der Waals surface area contributed by atoms with Gasteiger partial charge in [-0.2, -0.15) is 0 Å². The molecule has 124 valence electrons. The molecule has 2 amide bonds. The van der Waals surface area contributed by atoms with Gasteiger partial charge in [0.2, 0.25) is 5.91 Å². The second-order valence-electron chi connectivity index (χ2n) is 6.50. The highest BCUT2D eigenvalue weighted by Gasteiger charge is 2.24. The molecule has 1 atom stereocenters. The van der Waals surface area contributed by atoms with E-state index in [1.165, 1.54) is 0 Å². The largest absolute Gasteiger partial charge is 0.338 e. The summed E-state index contributed by atoms with van der Waals surface area (Å²) in [4.78, 5) is 28.3. The lowest BCUT2D eigenvalue weighted by atomic mass is 10.0. The van der Waals surface area contributed by atoms with Crippen LogP contribution in [0.3, 0.4) is 0 Å². The van der Waals surface area contributed by atoms with Crippen LogP contribution in [-0.4, -0.2) is 54.3 Å². The Bertz CT molecular complexity index is 587. The highest BCUT2D eigenvalue weighted by atomic mass is 16.2. The van der Waals surface area contributed by atoms with Crippen LogP contribution in [0.15, 0.2) is 24.3 Å². The van der Waals surface area contributed by atoms with Crippen LogP contribution in [0.25, 0.3) is 0 Å². The third kappa shape index (κ3) is 3.72. The van der Waals surface area contributed by atoms with Gasteiger partial charge in [-0.1, -0.05) is 12.1 Å². The van der Waals surface area contributed by atoms with Gasteiger partial charge < -0.3 is 15.1 Å². The van der Waals surface area contributed by atoms with Crippen LogP contribution in [-0.2, 0) is 11.3 Å². The lowest BCUT2D eigenvalue weighted by Crippen LogP contribution is -2.46. The summed E-state index contributed by atoms with van der Waals surface area (Å²) in [6.07, 6.45) is 3.76. The standard InChI is InChI=1S/C18H25N3O2/c1-19-16-7-3-10-21(13-16)18(23)15-6-2-5-14(11-15)12-20-9-4-8-17(20)22/h2,5-6,11,16,19H,3-4,7-10,12-13H2,1H3. The number of nitrogens with zero attached hydrogens (tertiary/aromatic N) is 2. The number of hydrogen-bond acceptors (Lipinski definition) is 3. The van der Waals surface area contributed by atoms with Gasteiger partial charge in [-0.25, -0.2) is 0 Å². The SMILES string of the molecule is CNC1CCCN(C(=O)c2cccc(CN3CCCC3=O)c2)C1. The molecule has 2 saturated heterocycles. The molecule has 0 aromatic heterocycles. The summed E-state index contributed by atoms with van der Waals surface area (Å²) < 4.78 is 0. The number of likely N-dealkylation sites (N-methyl/N-ethyl adjacent to an activating group) is 1. The number of carbonyl (C=O) groups excluding carboxylic acids is 2. The zero-order valence-electron chi connectivity index (χ0n) is 13.8. The van der Waals surface area contributed by atoms with E-state index in [2.05, 4.69) is 5.32 Å². The van der Waals surface area contributed by atoms with Crippen molar-refractivity contribution in [1.82, 2.24) is 15.1 Å². The minimum absolute atomic E-state index is 0.0968. The molecule has 1 aromatic carbocycles. The Labute approximate surface area is 137 Å². The van der Waals surface area contributed by atoms with Crippen LogP contribution < -0.4 is 5.32 Å². The van der Waals surface area contributed by atoms with Gasteiger partial charge in [-0.05, 0) is 44.0 Å². The number of hydrogen-bond donors (Lipinski definition) is 1. The van der Waals surface area contributed by atoms with Crippen LogP contribution in [0.5, 0.6) is 0 Å². The van der Waals surface area contributed by atoms with E-state index in [4.69, 9.17) is 0 Å². The number of benzene rings is 1. The van der Waals surface area contributed by atoms with Crippen LogP contribution in [0, 0.1) is 0 Å². The van der Waals surface area contributed by atoms with Gasteiger partial charge in [0.25, 0.3) is 5.91 Å². The summed E-state index contributed by atoms with van der Waals surface area (Å²) >= 11 is 0. The molecule has 0 spiro atoms. The third-order valence-corrected chi connectivity index (χ3v) is 4.84. The molecule has 3 rings (SSSR count). The fraction of sp³-hybridized carbons (Fsp3) is 0.556. The van der Waals surface area contributed by atoms with Crippen LogP contribution in [0.2, 0.25) is 0 Å². The number of carbonyl (C=O) groups is 2. The minimum atomic E-state index is 0.0968. The normalized spacial score (nSPS) is 21.8. The Morgan fingerprint density at radius 3 is 2.91 bits per heavy atom. The first-order valence-electron chi connectivity index (χ1n) is 8.50. The molecule has 0 radical (unpaired) electrons. The number of piperidine rings is 1. The topological polar surface area (TPSA) is 52.7 Å². The molecular formula is C18H25N3O2. The Morgan fingerprint density at radius 1 is 1.30 bits per heavy atom. The molecule has 2 fully saturated rings. The second-order valence-corrected chi connectivity index (χ2v) is 6.50. The minimum Gasteiger partial charge on any atom is -0.338 e. The predicted octanol–water partition coefficient (Wildman–Crippen LogP) is 1.63. The van der Waals surface area contributed by atoms with E-state index in [-0.39, 0.29) is 11.8 Å². The smallest absolute Gasteiger partial charge is 0.253 e. The van der Waals surface area contributed by atoms with Gasteiger partial charge in [0.15, 0.2) is 0 Å². The fourth-order valence-electron chi connectivity index (χ4n) is 3.47. The molecular weight excluding hydrogens is 290 g/mol. The van der Waals surface area contributed by atoms with Gasteiger partial charge in [0.1, 0.15) is 0 Å². The van der Waals surface area contributed by atoms with E-state index in [1.807, 2.05) is 41.1 Å². The molecule has 2 aliphatic rings. The van der Waals surface area contributed by atoms with Crippen molar-refractivity contribution in [2.45, 2.75) is 38.3 Å². The number of likely N-dealkylation sites (tertiary alicyclic amines) is 2. The van der Waals surface area contributed by atoms with Crippen LogP contribution in [0.4, 0.5) is 0 Å². The van der Waals surface area contributed by atoms with Crippen molar-refractivity contribution in [3.8, 4) is 0 Å². The molecule has 1 N–H and O–H groups in total. The van der Waals surface area contributed by atoms with Crippen LogP contribution in [0.1, 0.15) is 41.6 Å². The quantitative estimate of drug-likeness (QED) is 0.919. The van der Waals surface area contributed by atoms with Crippen molar-refractivity contribution in [2.24, 2.45) is 0 Å². The molecule has 5 nitrogen and oxygen atoms in total. The Hall–Kier alpha value is -1.88. The molecule has 2 heterocycles. The lowest BCUT2D eigenvalue weighted by molar-refractivity contribution is -0.128. The first-order chi connectivity index (χ1) is 11.2. The van der Waals surface area contributed by atoms with E-state index in [1.54, 1.807) is 0 Å². The molecule has 2 aliphatic heterocycles. The average Bonchev–Trinajstić information content (AvgIpc) is 2.99. The highest BCUT2D eigenvalue weighted by molar-refractivity contribution is 5.94. The van der Waals surface area contributed by atoms with E-state index >= 15 is 0 Å². The Morgan fingerprint density at radius 2 is 2.17 bits per heavy atom. The zero-order valence-corrected chi connectivity index (χ0v) is 13.8. The van der Waals surface area contributed by atoms with Crippen molar-refractivity contribution >= 4 is 11.8 Å². The first-order valence-corrected chi connectivity index (χ1v) is 8.50. The van der Waals surface area contributed by atoms with Crippen molar-refractivity contribution in [2.75, 3.05) is 26.7 Å². The van der Waals surface area contributed by atoms with Gasteiger partial charge in [-0.15, -0.1) is 0 Å². The van der Waals surface area contributed by atoms with Gasteiger partial charge in [-0.3, -0.25) is 9.59 Å². The summed E-state index contributed by atoms with van der Waals surface area (Å²) in [5.74, 6) is 0.314. The fourth-order valence-corrected chi connectivity index (χ4v) is 3.47. The molecule has 0 aliphatic carbocycles. The lowest BCUT2D eigenvalue weighted by Gasteiger charge is -2.32. The molecule has 0 saturated carbocycles. The molecule has 1 aromatic rings. The highest BCUT2D eigenvalue weighted by Crippen LogP contribution is 2.18. The second kappa shape index (κ2) is 7.13. The van der Waals surface area contributed by atoms with E-state index in [9.17, 15) is 9.59 Å². The zero-order chi connectivity index (χ0) is 16.2. The maximum absolute atomic E-state index is 12.7. The van der Waals surface area contributed by atoms with Crippen molar-refractivity contribution in [1.29, 1.82) is 0 Å². The number of nitrogens with one attached hydrogen (secondary N) is 1. The molecule has 0 bridgehead atoms. The van der Waals surface area contributed by atoms with Gasteiger partial charge in [0, 0.05) is 44.2 Å². The average molecular weight is 315 g/mol. The van der Waals surface area contributed by atoms with E-state index in [0.29, 0.717) is 19.0 Å². The van der Waals surface area contributed by atoms with Crippen molar-refractivity contribution in [3.05, 3.63) is 35.4 Å². The number of rotatable bonds is 4. The third-order valence-electron chi connectivity index (χ3n) is 4.84. The summed E-state index contributed by atoms with van der Waals surface area (Å²) in [5, 5.41) is 3.27. The van der Waals surface area contributed by atoms with E-state index in [0.717, 1.165) is 50.0 Å². The van der Waals surface area contributed by atoms with Crippen LogP contribution >= 0.6 is 0 Å². The predicted molar refractivity (Wildman–Crippen MR) is 89.1 cm³/mol. The molecule has 23 heavy (non-hydrogen) atoms. The Kier molecular flexibility index (Phi) is 4.96. The van der Waals surface area contributed by atoms with Gasteiger partial charge >= 0.3 is 0 Å². The molecule has 5 heteroatoms. The summed E-state index contributed by atoms with van der Waals surface area (Å²) in [7, 11) is 1.95. The summed E-state index contributed by atoms with van der Waals surface area (Å²) in [6.45, 7) is 3.03. The monoisotopic (exact) mass is 315 g/mol. The van der Waals surface area contributed by atoms with Crippen molar-refractivity contribution in [3.63, 3.8) is 0 Å². The first kappa shape index (κ1) is 16.0. The molecule has 1 unspecified atom stereocenters. The Balaban J connectivity index is 1.68. The van der Waals surface area contributed by atoms with Crippen molar-refractivity contribution < 1.29 is 9.59 Å². The maximum atomic E-state index is 12.7.